The van der Waals surface area contributed by atoms with Crippen LogP contribution in [0.4, 0.5) is 5.69 Å². The van der Waals surface area contributed by atoms with Crippen molar-refractivity contribution in [2.45, 2.75) is 60.2 Å². The average Bonchev–Trinajstić information content (AvgIpc) is 2.88. The average molecular weight is 490 g/mol. The molecule has 1 saturated carbocycles. The first-order valence-corrected chi connectivity index (χ1v) is 12.5. The summed E-state index contributed by atoms with van der Waals surface area (Å²) in [5.74, 6) is 1.11. The number of hydrogen-bond acceptors (Lipinski definition) is 7. The lowest BCUT2D eigenvalue weighted by Crippen LogP contribution is -2.48. The summed E-state index contributed by atoms with van der Waals surface area (Å²) in [5.41, 5.74) is 2.44. The fraction of sp³-hybridized carbons (Fsp3) is 0.481. The van der Waals surface area contributed by atoms with Gasteiger partial charge in [-0.2, -0.15) is 5.10 Å². The highest BCUT2D eigenvalue weighted by Gasteiger charge is 2.43. The molecule has 0 radical (unpaired) electrons. The van der Waals surface area contributed by atoms with Crippen molar-refractivity contribution in [3.63, 3.8) is 0 Å². The van der Waals surface area contributed by atoms with Gasteiger partial charge in [-0.05, 0) is 47.3 Å². The molecule has 9 nitrogen and oxygen atoms in total. The topological polar surface area (TPSA) is 115 Å². The molecule has 0 unspecified atom stereocenters. The molecule has 3 aromatic rings. The van der Waals surface area contributed by atoms with E-state index < -0.39 is 0 Å². The van der Waals surface area contributed by atoms with Crippen molar-refractivity contribution >= 4 is 11.6 Å². The van der Waals surface area contributed by atoms with Crippen LogP contribution in [0.25, 0.3) is 11.1 Å². The first-order chi connectivity index (χ1) is 17.2. The molecule has 4 atom stereocenters. The van der Waals surface area contributed by atoms with Crippen molar-refractivity contribution in [1.82, 2.24) is 30.0 Å². The van der Waals surface area contributed by atoms with E-state index in [1.54, 1.807) is 31.0 Å². The Morgan fingerprint density at radius 3 is 2.47 bits per heavy atom. The quantitative estimate of drug-likeness (QED) is 0.522. The molecule has 0 aliphatic heterocycles. The van der Waals surface area contributed by atoms with Gasteiger partial charge in [-0.25, -0.2) is 14.6 Å². The second-order valence-corrected chi connectivity index (χ2v) is 10.5. The Labute approximate surface area is 211 Å². The van der Waals surface area contributed by atoms with Crippen molar-refractivity contribution in [3.05, 3.63) is 65.4 Å². The molecule has 3 aromatic heterocycles. The molecule has 3 heterocycles. The number of pyridine rings is 1. The lowest BCUT2D eigenvalue weighted by Gasteiger charge is -2.50. The molecule has 190 valence electrons. The van der Waals surface area contributed by atoms with Gasteiger partial charge < -0.3 is 10.6 Å². The Hall–Kier alpha value is -3.62. The maximum atomic E-state index is 13.6. The number of nitrogens with one attached hydrogen (secondary N) is 2. The van der Waals surface area contributed by atoms with Crippen LogP contribution >= 0.6 is 0 Å². The number of amides is 1. The first kappa shape index (κ1) is 25.5. The maximum Gasteiger partial charge on any atom is 0.277 e. The highest BCUT2D eigenvalue weighted by atomic mass is 16.2. The number of carbonyl (C=O) groups excluding carboxylic acids is 1. The van der Waals surface area contributed by atoms with Crippen LogP contribution in [0.2, 0.25) is 0 Å². The zero-order valence-electron chi connectivity index (χ0n) is 21.6. The van der Waals surface area contributed by atoms with Gasteiger partial charge in [0, 0.05) is 42.9 Å². The van der Waals surface area contributed by atoms with Gasteiger partial charge in [0.25, 0.3) is 5.56 Å². The van der Waals surface area contributed by atoms with Gasteiger partial charge in [0.2, 0.25) is 5.91 Å². The Balaban J connectivity index is 1.60. The van der Waals surface area contributed by atoms with Crippen molar-refractivity contribution in [1.29, 1.82) is 0 Å². The zero-order valence-corrected chi connectivity index (χ0v) is 21.6. The van der Waals surface area contributed by atoms with E-state index in [4.69, 9.17) is 0 Å². The molecule has 1 aliphatic rings. The summed E-state index contributed by atoms with van der Waals surface area (Å²) in [6.07, 6.45) is 10.6. The predicted molar refractivity (Wildman–Crippen MR) is 139 cm³/mol. The summed E-state index contributed by atoms with van der Waals surface area (Å²) in [4.78, 5) is 38.4. The highest BCUT2D eigenvalue weighted by Crippen LogP contribution is 2.48. The molecule has 1 amide bonds. The Morgan fingerprint density at radius 1 is 1.08 bits per heavy atom. The molecule has 1 fully saturated rings. The molecule has 0 aromatic carbocycles. The second-order valence-electron chi connectivity index (χ2n) is 10.5. The standard InChI is InChI=1S/C27H35N7O2/c1-17-10-22(18(2)19(3)27(17,4)5)33-23-14-32-34(26(36)25(23)21-12-29-16-30-13-21)15-24(35)31-11-20-6-8-28-9-7-20/h6-9,12-14,16-19,22,33H,10-11,15H2,1-5H3,(H,31,35)/t17-,18+,19+,22+/m0/s1. The SMILES string of the molecule is C[C@@H]1[C@@H](C)C(C)(C)[C@@H](C)C[C@H]1Nc1cnn(CC(=O)NCc2ccncc2)c(=O)c1-c1cncnc1. The van der Waals surface area contributed by atoms with Crippen molar-refractivity contribution in [2.24, 2.45) is 23.2 Å². The summed E-state index contributed by atoms with van der Waals surface area (Å²) in [7, 11) is 0. The van der Waals surface area contributed by atoms with Gasteiger partial charge in [0.15, 0.2) is 0 Å². The second kappa shape index (κ2) is 10.6. The molecular formula is C27H35N7O2. The van der Waals surface area contributed by atoms with Crippen molar-refractivity contribution in [3.8, 4) is 11.1 Å². The van der Waals surface area contributed by atoms with E-state index in [9.17, 15) is 9.59 Å². The summed E-state index contributed by atoms with van der Waals surface area (Å²) >= 11 is 0. The fourth-order valence-electron chi connectivity index (χ4n) is 5.08. The number of aromatic nitrogens is 5. The van der Waals surface area contributed by atoms with E-state index in [2.05, 4.69) is 65.3 Å². The van der Waals surface area contributed by atoms with Crippen LogP contribution in [0.5, 0.6) is 0 Å². The van der Waals surface area contributed by atoms with Gasteiger partial charge >= 0.3 is 0 Å². The van der Waals surface area contributed by atoms with Gasteiger partial charge in [-0.15, -0.1) is 0 Å². The van der Waals surface area contributed by atoms with Crippen molar-refractivity contribution < 1.29 is 4.79 Å². The Morgan fingerprint density at radius 2 is 1.78 bits per heavy atom. The third-order valence-electron chi connectivity index (χ3n) is 8.24. The van der Waals surface area contributed by atoms with Crippen LogP contribution in [-0.4, -0.2) is 36.7 Å². The first-order valence-electron chi connectivity index (χ1n) is 12.5. The lowest BCUT2D eigenvalue weighted by molar-refractivity contribution is -0.122. The summed E-state index contributed by atoms with van der Waals surface area (Å²) in [5, 5.41) is 10.8. The molecule has 36 heavy (non-hydrogen) atoms. The van der Waals surface area contributed by atoms with Crippen LogP contribution in [0.15, 0.2) is 54.2 Å². The Kier molecular flexibility index (Phi) is 7.47. The third kappa shape index (κ3) is 5.29. The van der Waals surface area contributed by atoms with E-state index in [0.29, 0.717) is 41.1 Å². The number of rotatable bonds is 7. The molecule has 0 spiro atoms. The molecule has 2 N–H and O–H groups in total. The van der Waals surface area contributed by atoms with Gasteiger partial charge in [-0.1, -0.05) is 34.6 Å². The molecule has 1 aliphatic carbocycles. The highest BCUT2D eigenvalue weighted by molar-refractivity contribution is 5.77. The number of nitrogens with zero attached hydrogens (tertiary/aromatic N) is 5. The summed E-state index contributed by atoms with van der Waals surface area (Å²) in [6.45, 7) is 11.7. The minimum Gasteiger partial charge on any atom is -0.380 e. The third-order valence-corrected chi connectivity index (χ3v) is 8.24. The molecule has 0 saturated heterocycles. The minimum absolute atomic E-state index is 0.187. The van der Waals surface area contributed by atoms with Gasteiger partial charge in [0.05, 0.1) is 17.4 Å². The van der Waals surface area contributed by atoms with E-state index in [0.717, 1.165) is 12.0 Å². The monoisotopic (exact) mass is 489 g/mol. The van der Waals surface area contributed by atoms with Crippen LogP contribution in [0.3, 0.4) is 0 Å². The minimum atomic E-state index is -0.362. The fourth-order valence-corrected chi connectivity index (χ4v) is 5.08. The van der Waals surface area contributed by atoms with Gasteiger partial charge in [-0.3, -0.25) is 14.6 Å². The predicted octanol–water partition coefficient (Wildman–Crippen LogP) is 3.53. The lowest BCUT2D eigenvalue weighted by atomic mass is 9.58. The largest absolute Gasteiger partial charge is 0.380 e. The van der Waals surface area contributed by atoms with Crippen LogP contribution in [0, 0.1) is 23.2 Å². The van der Waals surface area contributed by atoms with Crippen LogP contribution in [0.1, 0.15) is 46.6 Å². The summed E-state index contributed by atoms with van der Waals surface area (Å²) in [6, 6.07) is 3.84. The number of carbonyl (C=O) groups is 1. The molecule has 0 bridgehead atoms. The number of anilines is 1. The smallest absolute Gasteiger partial charge is 0.277 e. The van der Waals surface area contributed by atoms with E-state index in [1.807, 2.05) is 12.1 Å². The number of hydrogen-bond donors (Lipinski definition) is 2. The van der Waals surface area contributed by atoms with E-state index in [1.165, 1.54) is 11.0 Å². The van der Waals surface area contributed by atoms with Gasteiger partial charge in [0.1, 0.15) is 12.9 Å². The van der Waals surface area contributed by atoms with E-state index in [-0.39, 0.29) is 29.5 Å². The molecular weight excluding hydrogens is 454 g/mol. The zero-order chi connectivity index (χ0) is 25.9. The maximum absolute atomic E-state index is 13.6. The molecule has 9 heteroatoms. The molecule has 4 rings (SSSR count). The van der Waals surface area contributed by atoms with Crippen LogP contribution < -0.4 is 16.2 Å². The van der Waals surface area contributed by atoms with E-state index >= 15 is 0 Å². The van der Waals surface area contributed by atoms with Crippen LogP contribution in [-0.2, 0) is 17.9 Å². The Bertz CT molecular complexity index is 1240. The normalized spacial score (nSPS) is 23.1. The van der Waals surface area contributed by atoms with Crippen molar-refractivity contribution in [2.75, 3.05) is 5.32 Å². The summed E-state index contributed by atoms with van der Waals surface area (Å²) < 4.78 is 1.19.